The Hall–Kier alpha value is -2.13. The molecule has 0 saturated heterocycles. The highest BCUT2D eigenvalue weighted by molar-refractivity contribution is 6.30. The zero-order valence-corrected chi connectivity index (χ0v) is 13.4. The molecule has 3 rings (SSSR count). The number of benzene rings is 1. The van der Waals surface area contributed by atoms with Gasteiger partial charge in [-0.1, -0.05) is 68.4 Å². The van der Waals surface area contributed by atoms with Crippen LogP contribution in [0.25, 0.3) is 28.6 Å². The second-order valence-electron chi connectivity index (χ2n) is 5.63. The SMILES string of the molecule is C=Cc1c(-c2ccccc2)oc2nc(CC(C)C)c(Cl)nc12. The van der Waals surface area contributed by atoms with Gasteiger partial charge in [0.05, 0.1) is 5.69 Å². The van der Waals surface area contributed by atoms with E-state index in [1.165, 1.54) is 0 Å². The molecule has 0 N–H and O–H groups in total. The monoisotopic (exact) mass is 312 g/mol. The molecule has 2 aromatic heterocycles. The van der Waals surface area contributed by atoms with Crippen molar-refractivity contribution in [3.63, 3.8) is 0 Å². The fourth-order valence-corrected chi connectivity index (χ4v) is 2.65. The first kappa shape index (κ1) is 14.8. The van der Waals surface area contributed by atoms with E-state index in [1.54, 1.807) is 6.08 Å². The summed E-state index contributed by atoms with van der Waals surface area (Å²) in [4.78, 5) is 9.04. The second kappa shape index (κ2) is 5.93. The average Bonchev–Trinajstić information content (AvgIpc) is 2.85. The van der Waals surface area contributed by atoms with Gasteiger partial charge in [0.2, 0.25) is 5.71 Å². The molecule has 3 aromatic rings. The van der Waals surface area contributed by atoms with Crippen molar-refractivity contribution in [3.8, 4) is 11.3 Å². The number of halogens is 1. The fourth-order valence-electron chi connectivity index (χ4n) is 2.45. The molecule has 0 fully saturated rings. The molecule has 0 aliphatic carbocycles. The number of aromatic nitrogens is 2. The van der Waals surface area contributed by atoms with Crippen LogP contribution in [-0.2, 0) is 6.42 Å². The molecule has 0 radical (unpaired) electrons. The van der Waals surface area contributed by atoms with Gasteiger partial charge in [0.15, 0.2) is 5.15 Å². The Balaban J connectivity index is 2.21. The van der Waals surface area contributed by atoms with Crippen LogP contribution in [0.4, 0.5) is 0 Å². The molecule has 0 amide bonds. The van der Waals surface area contributed by atoms with Gasteiger partial charge in [-0.15, -0.1) is 0 Å². The molecular weight excluding hydrogens is 296 g/mol. The quantitative estimate of drug-likeness (QED) is 0.648. The number of nitrogens with zero attached hydrogens (tertiary/aromatic N) is 2. The van der Waals surface area contributed by atoms with Crippen molar-refractivity contribution in [2.24, 2.45) is 5.92 Å². The van der Waals surface area contributed by atoms with E-state index in [9.17, 15) is 0 Å². The topological polar surface area (TPSA) is 38.9 Å². The molecule has 0 spiro atoms. The van der Waals surface area contributed by atoms with Gasteiger partial charge < -0.3 is 4.42 Å². The lowest BCUT2D eigenvalue weighted by Crippen LogP contribution is -2.00. The zero-order valence-electron chi connectivity index (χ0n) is 12.6. The predicted molar refractivity (Wildman–Crippen MR) is 90.9 cm³/mol. The lowest BCUT2D eigenvalue weighted by Gasteiger charge is -2.05. The summed E-state index contributed by atoms with van der Waals surface area (Å²) in [7, 11) is 0. The van der Waals surface area contributed by atoms with Gasteiger partial charge in [-0.25, -0.2) is 9.97 Å². The molecule has 4 heteroatoms. The highest BCUT2D eigenvalue weighted by Gasteiger charge is 2.18. The molecule has 0 aliphatic rings. The van der Waals surface area contributed by atoms with Crippen LogP contribution in [0, 0.1) is 5.92 Å². The van der Waals surface area contributed by atoms with Crippen molar-refractivity contribution in [3.05, 3.63) is 53.3 Å². The molecule has 3 nitrogen and oxygen atoms in total. The molecule has 112 valence electrons. The molecule has 1 aromatic carbocycles. The van der Waals surface area contributed by atoms with Gasteiger partial charge in [-0.3, -0.25) is 0 Å². The highest BCUT2D eigenvalue weighted by Crippen LogP contribution is 2.34. The van der Waals surface area contributed by atoms with Gasteiger partial charge in [0, 0.05) is 11.1 Å². The summed E-state index contributed by atoms with van der Waals surface area (Å²) in [5.41, 5.74) is 3.73. The van der Waals surface area contributed by atoms with E-state index in [-0.39, 0.29) is 0 Å². The highest BCUT2D eigenvalue weighted by atomic mass is 35.5. The molecular formula is C18H17ClN2O. The molecule has 2 heterocycles. The standard InChI is InChI=1S/C18H17ClN2O/c1-4-13-15-18(20-14(10-11(2)3)17(19)21-15)22-16(13)12-8-6-5-7-9-12/h4-9,11H,1,10H2,2-3H3. The molecule has 0 atom stereocenters. The number of rotatable bonds is 4. The maximum atomic E-state index is 6.28. The number of hydrogen-bond donors (Lipinski definition) is 0. The average molecular weight is 313 g/mol. The largest absolute Gasteiger partial charge is 0.436 e. The van der Waals surface area contributed by atoms with E-state index in [2.05, 4.69) is 30.4 Å². The number of furan rings is 1. The van der Waals surface area contributed by atoms with E-state index in [0.29, 0.717) is 22.3 Å². The molecule has 0 aliphatic heterocycles. The van der Waals surface area contributed by atoms with Crippen molar-refractivity contribution < 1.29 is 4.42 Å². The third kappa shape index (κ3) is 2.64. The first-order valence-corrected chi connectivity index (χ1v) is 7.64. The Kier molecular flexibility index (Phi) is 3.99. The predicted octanol–water partition coefficient (Wildman–Crippen LogP) is 5.38. The van der Waals surface area contributed by atoms with E-state index in [0.717, 1.165) is 29.0 Å². The van der Waals surface area contributed by atoms with Gasteiger partial charge >= 0.3 is 0 Å². The summed E-state index contributed by atoms with van der Waals surface area (Å²) in [6, 6.07) is 9.87. The lowest BCUT2D eigenvalue weighted by molar-refractivity contribution is 0.601. The molecule has 0 saturated carbocycles. The van der Waals surface area contributed by atoms with Gasteiger partial charge in [0.1, 0.15) is 11.3 Å². The van der Waals surface area contributed by atoms with Crippen LogP contribution in [0.1, 0.15) is 25.1 Å². The second-order valence-corrected chi connectivity index (χ2v) is 5.99. The Bertz CT molecular complexity index is 822. The van der Waals surface area contributed by atoms with E-state index in [1.807, 2.05) is 30.3 Å². The lowest BCUT2D eigenvalue weighted by atomic mass is 10.1. The van der Waals surface area contributed by atoms with Crippen LogP contribution in [-0.4, -0.2) is 9.97 Å². The normalized spacial score (nSPS) is 11.3. The van der Waals surface area contributed by atoms with Crippen molar-refractivity contribution in [1.29, 1.82) is 0 Å². The summed E-state index contributed by atoms with van der Waals surface area (Å²) in [5.74, 6) is 1.18. The van der Waals surface area contributed by atoms with Crippen LogP contribution < -0.4 is 0 Å². The van der Waals surface area contributed by atoms with E-state index < -0.39 is 0 Å². The fraction of sp³-hybridized carbons (Fsp3) is 0.222. The Morgan fingerprint density at radius 1 is 1.23 bits per heavy atom. The van der Waals surface area contributed by atoms with Crippen molar-refractivity contribution >= 4 is 28.9 Å². The minimum atomic E-state index is 0.435. The smallest absolute Gasteiger partial charge is 0.246 e. The summed E-state index contributed by atoms with van der Waals surface area (Å²) < 4.78 is 5.95. The maximum Gasteiger partial charge on any atom is 0.246 e. The van der Waals surface area contributed by atoms with E-state index in [4.69, 9.17) is 16.0 Å². The summed E-state index contributed by atoms with van der Waals surface area (Å²) in [5, 5.41) is 0.435. The maximum absolute atomic E-state index is 6.28. The minimum Gasteiger partial charge on any atom is -0.436 e. The third-order valence-electron chi connectivity index (χ3n) is 3.43. The van der Waals surface area contributed by atoms with Crippen LogP contribution in [0.2, 0.25) is 5.15 Å². The first-order valence-electron chi connectivity index (χ1n) is 7.27. The summed E-state index contributed by atoms with van der Waals surface area (Å²) in [6.07, 6.45) is 2.51. The van der Waals surface area contributed by atoms with Gasteiger partial charge in [-0.05, 0) is 12.3 Å². The van der Waals surface area contributed by atoms with E-state index >= 15 is 0 Å². The first-order chi connectivity index (χ1) is 10.6. The number of hydrogen-bond acceptors (Lipinski definition) is 3. The summed E-state index contributed by atoms with van der Waals surface area (Å²) >= 11 is 6.28. The van der Waals surface area contributed by atoms with Crippen molar-refractivity contribution in [2.75, 3.05) is 0 Å². The van der Waals surface area contributed by atoms with Crippen molar-refractivity contribution in [1.82, 2.24) is 9.97 Å². The minimum absolute atomic E-state index is 0.435. The third-order valence-corrected chi connectivity index (χ3v) is 3.73. The van der Waals surface area contributed by atoms with Gasteiger partial charge in [-0.2, -0.15) is 0 Å². The van der Waals surface area contributed by atoms with Crippen LogP contribution in [0.15, 0.2) is 41.3 Å². The summed E-state index contributed by atoms with van der Waals surface area (Å²) in [6.45, 7) is 8.11. The van der Waals surface area contributed by atoms with Crippen molar-refractivity contribution in [2.45, 2.75) is 20.3 Å². The van der Waals surface area contributed by atoms with Crippen LogP contribution in [0.3, 0.4) is 0 Å². The molecule has 0 bridgehead atoms. The molecule has 0 unspecified atom stereocenters. The van der Waals surface area contributed by atoms with Crippen LogP contribution >= 0.6 is 11.6 Å². The zero-order chi connectivity index (χ0) is 15.7. The van der Waals surface area contributed by atoms with Crippen LogP contribution in [0.5, 0.6) is 0 Å². The Labute approximate surface area is 134 Å². The number of fused-ring (bicyclic) bond motifs is 1. The van der Waals surface area contributed by atoms with Gasteiger partial charge in [0.25, 0.3) is 0 Å². The Morgan fingerprint density at radius 2 is 1.95 bits per heavy atom. The molecule has 22 heavy (non-hydrogen) atoms. The Morgan fingerprint density at radius 3 is 2.59 bits per heavy atom.